The van der Waals surface area contributed by atoms with E-state index >= 15 is 0 Å². The van der Waals surface area contributed by atoms with Crippen LogP contribution in [0.15, 0.2) is 47.8 Å². The number of ether oxygens (including phenoxy) is 2. The number of aromatic nitrogens is 1. The summed E-state index contributed by atoms with van der Waals surface area (Å²) in [6.45, 7) is 1.79. The maximum absolute atomic E-state index is 13.2. The molecule has 148 valence electrons. The van der Waals surface area contributed by atoms with Crippen LogP contribution < -0.4 is 9.47 Å². The molecule has 1 aromatic heterocycles. The van der Waals surface area contributed by atoms with E-state index in [1.807, 2.05) is 23.1 Å². The van der Waals surface area contributed by atoms with Gasteiger partial charge in [-0.1, -0.05) is 6.07 Å². The van der Waals surface area contributed by atoms with E-state index in [0.29, 0.717) is 30.5 Å². The first-order valence-corrected chi connectivity index (χ1v) is 10.5. The van der Waals surface area contributed by atoms with Gasteiger partial charge in [-0.15, -0.1) is 11.3 Å². The fraction of sp³-hybridized carbons (Fsp3) is 0.273. The SMILES string of the molecule is O=C(c1csc(-c2ccc(F)cc2)n1)N1CCC[C@@H]1c1ccc2c(c1)OCCO2. The number of carbonyl (C=O) groups excluding carboxylic acids is 1. The first kappa shape index (κ1) is 18.1. The summed E-state index contributed by atoms with van der Waals surface area (Å²) in [6, 6.07) is 12.1. The van der Waals surface area contributed by atoms with Crippen LogP contribution in [0.5, 0.6) is 11.5 Å². The largest absolute Gasteiger partial charge is 0.486 e. The summed E-state index contributed by atoms with van der Waals surface area (Å²) in [5, 5.41) is 2.49. The number of hydrogen-bond donors (Lipinski definition) is 0. The molecule has 1 atom stereocenters. The summed E-state index contributed by atoms with van der Waals surface area (Å²) in [4.78, 5) is 19.6. The number of halogens is 1. The smallest absolute Gasteiger partial charge is 0.273 e. The van der Waals surface area contributed by atoms with E-state index in [0.717, 1.165) is 35.5 Å². The average molecular weight is 410 g/mol. The van der Waals surface area contributed by atoms with E-state index in [-0.39, 0.29) is 17.8 Å². The minimum Gasteiger partial charge on any atom is -0.486 e. The van der Waals surface area contributed by atoms with E-state index in [2.05, 4.69) is 4.98 Å². The van der Waals surface area contributed by atoms with Crippen LogP contribution in [0.25, 0.3) is 10.6 Å². The lowest BCUT2D eigenvalue weighted by Gasteiger charge is -2.26. The predicted octanol–water partition coefficient (Wildman–Crippen LogP) is 4.70. The van der Waals surface area contributed by atoms with Crippen LogP contribution in [0.1, 0.15) is 34.9 Å². The van der Waals surface area contributed by atoms with Crippen LogP contribution in [0.4, 0.5) is 4.39 Å². The Balaban J connectivity index is 1.39. The number of nitrogens with zero attached hydrogens (tertiary/aromatic N) is 2. The third-order valence-corrected chi connectivity index (χ3v) is 6.17. The molecule has 0 N–H and O–H groups in total. The standard InChI is InChI=1S/C22H19FN2O3S/c23-16-6-3-14(4-7-16)21-24-17(13-29-21)22(26)25-9-1-2-18(25)15-5-8-19-20(12-15)28-11-10-27-19/h3-8,12-13,18H,1-2,9-11H2/t18-/m1/s1. The number of fused-ring (bicyclic) bond motifs is 1. The number of thiazole rings is 1. The van der Waals surface area contributed by atoms with Crippen molar-refractivity contribution in [1.82, 2.24) is 9.88 Å². The lowest BCUT2D eigenvalue weighted by Crippen LogP contribution is -2.30. The van der Waals surface area contributed by atoms with Gasteiger partial charge in [-0.05, 0) is 54.8 Å². The zero-order valence-corrected chi connectivity index (χ0v) is 16.5. The fourth-order valence-electron chi connectivity index (χ4n) is 3.87. The number of hydrogen-bond acceptors (Lipinski definition) is 5. The molecular weight excluding hydrogens is 391 g/mol. The molecule has 0 spiro atoms. The maximum Gasteiger partial charge on any atom is 0.273 e. The van der Waals surface area contributed by atoms with Crippen molar-refractivity contribution in [3.63, 3.8) is 0 Å². The molecule has 0 bridgehead atoms. The summed E-state index contributed by atoms with van der Waals surface area (Å²) >= 11 is 1.39. The van der Waals surface area contributed by atoms with Crippen LogP contribution in [0.3, 0.4) is 0 Å². The molecule has 0 radical (unpaired) electrons. The molecule has 0 saturated carbocycles. The first-order valence-electron chi connectivity index (χ1n) is 9.61. The van der Waals surface area contributed by atoms with Gasteiger partial charge in [0.1, 0.15) is 29.7 Å². The van der Waals surface area contributed by atoms with Gasteiger partial charge in [-0.3, -0.25) is 4.79 Å². The molecule has 7 heteroatoms. The Morgan fingerprint density at radius 3 is 2.72 bits per heavy atom. The molecule has 2 aromatic carbocycles. The summed E-state index contributed by atoms with van der Waals surface area (Å²) < 4.78 is 24.5. The van der Waals surface area contributed by atoms with Gasteiger partial charge in [0.15, 0.2) is 11.5 Å². The highest BCUT2D eigenvalue weighted by Crippen LogP contribution is 2.39. The minimum atomic E-state index is -0.291. The molecule has 5 rings (SSSR count). The second kappa shape index (κ2) is 7.48. The molecule has 0 unspecified atom stereocenters. The predicted molar refractivity (Wildman–Crippen MR) is 108 cm³/mol. The van der Waals surface area contributed by atoms with Crippen LogP contribution >= 0.6 is 11.3 Å². The summed E-state index contributed by atoms with van der Waals surface area (Å²) in [5.41, 5.74) is 2.29. The normalized spacial score (nSPS) is 18.1. The Morgan fingerprint density at radius 1 is 1.10 bits per heavy atom. The molecule has 2 aliphatic heterocycles. The first-order chi connectivity index (χ1) is 14.2. The average Bonchev–Trinajstić information content (AvgIpc) is 3.44. The zero-order chi connectivity index (χ0) is 19.8. The third-order valence-electron chi connectivity index (χ3n) is 5.28. The van der Waals surface area contributed by atoms with Crippen molar-refractivity contribution >= 4 is 17.2 Å². The van der Waals surface area contributed by atoms with Gasteiger partial charge in [-0.2, -0.15) is 0 Å². The Bertz CT molecular complexity index is 1050. The van der Waals surface area contributed by atoms with E-state index in [1.54, 1.807) is 17.5 Å². The zero-order valence-electron chi connectivity index (χ0n) is 15.6. The number of rotatable bonds is 3. The van der Waals surface area contributed by atoms with Crippen LogP contribution in [0, 0.1) is 5.82 Å². The number of likely N-dealkylation sites (tertiary alicyclic amines) is 1. The van der Waals surface area contributed by atoms with E-state index in [4.69, 9.17) is 9.47 Å². The molecule has 1 saturated heterocycles. The van der Waals surface area contributed by atoms with Crippen molar-refractivity contribution < 1.29 is 18.7 Å². The lowest BCUT2D eigenvalue weighted by molar-refractivity contribution is 0.0730. The highest BCUT2D eigenvalue weighted by molar-refractivity contribution is 7.13. The van der Waals surface area contributed by atoms with Crippen molar-refractivity contribution in [2.75, 3.05) is 19.8 Å². The molecule has 5 nitrogen and oxygen atoms in total. The number of carbonyl (C=O) groups is 1. The summed E-state index contributed by atoms with van der Waals surface area (Å²) in [5.74, 6) is 1.12. The maximum atomic E-state index is 13.2. The van der Waals surface area contributed by atoms with Gasteiger partial charge in [0, 0.05) is 17.5 Å². The molecule has 0 aliphatic carbocycles. The van der Waals surface area contributed by atoms with E-state index < -0.39 is 0 Å². The van der Waals surface area contributed by atoms with Gasteiger partial charge in [0.05, 0.1) is 6.04 Å². The lowest BCUT2D eigenvalue weighted by atomic mass is 10.0. The quantitative estimate of drug-likeness (QED) is 0.628. The molecule has 1 fully saturated rings. The molecule has 1 amide bonds. The summed E-state index contributed by atoms with van der Waals surface area (Å²) in [6.07, 6.45) is 1.85. The topological polar surface area (TPSA) is 51.7 Å². The van der Waals surface area contributed by atoms with Gasteiger partial charge in [0.25, 0.3) is 5.91 Å². The van der Waals surface area contributed by atoms with Crippen molar-refractivity contribution in [3.8, 4) is 22.1 Å². The van der Waals surface area contributed by atoms with Crippen LogP contribution in [-0.4, -0.2) is 35.5 Å². The minimum absolute atomic E-state index is 0.00528. The van der Waals surface area contributed by atoms with Gasteiger partial charge < -0.3 is 14.4 Å². The Kier molecular flexibility index (Phi) is 4.67. The second-order valence-electron chi connectivity index (χ2n) is 7.10. The monoisotopic (exact) mass is 410 g/mol. The van der Waals surface area contributed by atoms with Gasteiger partial charge in [0.2, 0.25) is 0 Å². The second-order valence-corrected chi connectivity index (χ2v) is 7.96. The third kappa shape index (κ3) is 3.46. The van der Waals surface area contributed by atoms with Gasteiger partial charge in [-0.25, -0.2) is 9.37 Å². The molecule has 3 aromatic rings. The fourth-order valence-corrected chi connectivity index (χ4v) is 4.67. The van der Waals surface area contributed by atoms with Crippen molar-refractivity contribution in [2.45, 2.75) is 18.9 Å². The Labute approximate surface area is 171 Å². The molecule has 29 heavy (non-hydrogen) atoms. The van der Waals surface area contributed by atoms with Crippen LogP contribution in [-0.2, 0) is 0 Å². The number of benzene rings is 2. The molecule has 2 aliphatic rings. The van der Waals surface area contributed by atoms with E-state index in [1.165, 1.54) is 23.5 Å². The van der Waals surface area contributed by atoms with Gasteiger partial charge >= 0.3 is 0 Å². The number of amides is 1. The molecule has 3 heterocycles. The van der Waals surface area contributed by atoms with Crippen molar-refractivity contribution in [2.24, 2.45) is 0 Å². The molecular formula is C22H19FN2O3S. The van der Waals surface area contributed by atoms with Crippen molar-refractivity contribution in [3.05, 3.63) is 64.9 Å². The van der Waals surface area contributed by atoms with Crippen molar-refractivity contribution in [1.29, 1.82) is 0 Å². The summed E-state index contributed by atoms with van der Waals surface area (Å²) in [7, 11) is 0. The van der Waals surface area contributed by atoms with Crippen LogP contribution in [0.2, 0.25) is 0 Å². The Morgan fingerprint density at radius 2 is 1.90 bits per heavy atom. The Hall–Kier alpha value is -2.93. The highest BCUT2D eigenvalue weighted by atomic mass is 32.1. The van der Waals surface area contributed by atoms with E-state index in [9.17, 15) is 9.18 Å². The highest BCUT2D eigenvalue weighted by Gasteiger charge is 2.32.